The number of hydrogen-bond acceptors (Lipinski definition) is 2. The van der Waals surface area contributed by atoms with Gasteiger partial charge in [0.2, 0.25) is 0 Å². The molecule has 0 amide bonds. The predicted octanol–water partition coefficient (Wildman–Crippen LogP) is 6.40. The summed E-state index contributed by atoms with van der Waals surface area (Å²) in [6.45, 7) is 2.25. The molecule has 1 aliphatic carbocycles. The average molecular weight is 345 g/mol. The molecule has 26 heavy (non-hydrogen) atoms. The molecule has 1 aliphatic rings. The molecule has 3 rings (SSSR count). The maximum Gasteiger partial charge on any atom is 0.165 e. The maximum absolute atomic E-state index is 12.8. The van der Waals surface area contributed by atoms with Crippen LogP contribution < -0.4 is 0 Å². The minimum Gasteiger partial charge on any atom is -0.294 e. The van der Waals surface area contributed by atoms with Crippen molar-refractivity contribution in [3.05, 3.63) is 59.7 Å². The van der Waals surface area contributed by atoms with Gasteiger partial charge in [-0.25, -0.2) is 0 Å². The molecule has 2 heteroatoms. The molecule has 2 nitrogen and oxygen atoms in total. The van der Waals surface area contributed by atoms with Crippen molar-refractivity contribution in [3.63, 3.8) is 0 Å². The predicted molar refractivity (Wildman–Crippen MR) is 106 cm³/mol. The Morgan fingerprint density at radius 1 is 0.962 bits per heavy atom. The average Bonchev–Trinajstić information content (AvgIpc) is 2.72. The number of hydrogen-bond donors (Lipinski definition) is 0. The first-order chi connectivity index (χ1) is 12.7. The van der Waals surface area contributed by atoms with E-state index in [4.69, 9.17) is 5.26 Å². The molecule has 0 bridgehead atoms. The Kier molecular flexibility index (Phi) is 6.23. The van der Waals surface area contributed by atoms with Crippen molar-refractivity contribution in [3.8, 4) is 17.2 Å². The van der Waals surface area contributed by atoms with Crippen LogP contribution in [0.4, 0.5) is 0 Å². The lowest BCUT2D eigenvalue weighted by Crippen LogP contribution is -2.22. The summed E-state index contributed by atoms with van der Waals surface area (Å²) >= 11 is 0. The molecule has 1 saturated carbocycles. The van der Waals surface area contributed by atoms with Gasteiger partial charge < -0.3 is 0 Å². The van der Waals surface area contributed by atoms with Crippen molar-refractivity contribution in [1.82, 2.24) is 0 Å². The fraction of sp³-hybridized carbons (Fsp3) is 0.417. The Labute approximate surface area is 156 Å². The highest BCUT2D eigenvalue weighted by atomic mass is 16.1. The van der Waals surface area contributed by atoms with Gasteiger partial charge in [0.15, 0.2) is 5.78 Å². The van der Waals surface area contributed by atoms with Gasteiger partial charge in [-0.1, -0.05) is 62.6 Å². The number of unbranched alkanes of at least 4 members (excludes halogenated alkanes) is 1. The Bertz CT molecular complexity index is 759. The molecule has 1 fully saturated rings. The Hall–Kier alpha value is -2.40. The second-order valence-corrected chi connectivity index (χ2v) is 7.49. The zero-order valence-electron chi connectivity index (χ0n) is 15.6. The monoisotopic (exact) mass is 345 g/mol. The number of nitriles is 1. The van der Waals surface area contributed by atoms with Crippen LogP contribution in [0.15, 0.2) is 48.5 Å². The SMILES string of the molecule is CCCCC1CCC(C(=O)c2ccc(-c3ccc(C#N)cc3)cc2)CC1. The molecule has 0 atom stereocenters. The quantitative estimate of drug-likeness (QED) is 0.568. The third-order valence-electron chi connectivity index (χ3n) is 5.70. The largest absolute Gasteiger partial charge is 0.294 e. The van der Waals surface area contributed by atoms with Crippen LogP contribution in [-0.4, -0.2) is 5.78 Å². The van der Waals surface area contributed by atoms with Gasteiger partial charge >= 0.3 is 0 Å². The number of rotatable bonds is 6. The molecule has 0 heterocycles. The van der Waals surface area contributed by atoms with Crippen LogP contribution in [0.3, 0.4) is 0 Å². The third kappa shape index (κ3) is 4.41. The summed E-state index contributed by atoms with van der Waals surface area (Å²) < 4.78 is 0. The van der Waals surface area contributed by atoms with Crippen molar-refractivity contribution in [1.29, 1.82) is 5.26 Å². The highest BCUT2D eigenvalue weighted by molar-refractivity contribution is 5.98. The molecule has 0 aromatic heterocycles. The van der Waals surface area contributed by atoms with Gasteiger partial charge in [-0.3, -0.25) is 4.79 Å². The number of carbonyl (C=O) groups is 1. The molecule has 0 radical (unpaired) electrons. The van der Waals surface area contributed by atoms with E-state index in [1.807, 2.05) is 48.5 Å². The van der Waals surface area contributed by atoms with Crippen LogP contribution in [0.5, 0.6) is 0 Å². The van der Waals surface area contributed by atoms with Crippen LogP contribution in [0.25, 0.3) is 11.1 Å². The summed E-state index contributed by atoms with van der Waals surface area (Å²) in [6, 6.07) is 17.6. The first-order valence-electron chi connectivity index (χ1n) is 9.86. The van der Waals surface area contributed by atoms with Crippen LogP contribution in [0, 0.1) is 23.2 Å². The number of ketones is 1. The number of Topliss-reactive ketones (excluding diaryl/α,β-unsaturated/α-hetero) is 1. The van der Waals surface area contributed by atoms with Crippen molar-refractivity contribution in [2.75, 3.05) is 0 Å². The van der Waals surface area contributed by atoms with E-state index in [1.165, 1.54) is 32.1 Å². The van der Waals surface area contributed by atoms with Crippen LogP contribution in [0.1, 0.15) is 67.8 Å². The minimum atomic E-state index is 0.202. The van der Waals surface area contributed by atoms with Gasteiger partial charge in [0.25, 0.3) is 0 Å². The molecule has 2 aromatic rings. The maximum atomic E-state index is 12.8. The molecule has 134 valence electrons. The first kappa shape index (κ1) is 18.4. The van der Waals surface area contributed by atoms with E-state index in [2.05, 4.69) is 13.0 Å². The van der Waals surface area contributed by atoms with Crippen molar-refractivity contribution in [2.45, 2.75) is 51.9 Å². The normalized spacial score (nSPS) is 19.7. The molecular weight excluding hydrogens is 318 g/mol. The molecule has 0 saturated heterocycles. The van der Waals surface area contributed by atoms with Crippen LogP contribution in [0.2, 0.25) is 0 Å². The zero-order valence-corrected chi connectivity index (χ0v) is 15.6. The first-order valence-corrected chi connectivity index (χ1v) is 9.86. The molecular formula is C24H27NO. The number of nitrogens with zero attached hydrogens (tertiary/aromatic N) is 1. The number of benzene rings is 2. The van der Waals surface area contributed by atoms with E-state index < -0.39 is 0 Å². The lowest BCUT2D eigenvalue weighted by atomic mass is 9.77. The second-order valence-electron chi connectivity index (χ2n) is 7.49. The highest BCUT2D eigenvalue weighted by Gasteiger charge is 2.26. The van der Waals surface area contributed by atoms with Gasteiger partial charge in [-0.05, 0) is 54.9 Å². The summed E-state index contributed by atoms with van der Waals surface area (Å²) in [5, 5.41) is 8.89. The van der Waals surface area contributed by atoms with E-state index >= 15 is 0 Å². The Morgan fingerprint density at radius 2 is 1.54 bits per heavy atom. The van der Waals surface area contributed by atoms with E-state index in [1.54, 1.807) is 0 Å². The Morgan fingerprint density at radius 3 is 2.08 bits per heavy atom. The fourth-order valence-corrected chi connectivity index (χ4v) is 4.01. The van der Waals surface area contributed by atoms with Crippen LogP contribution in [-0.2, 0) is 0 Å². The van der Waals surface area contributed by atoms with Crippen molar-refractivity contribution >= 4 is 5.78 Å². The molecule has 0 unspecified atom stereocenters. The molecule has 0 spiro atoms. The lowest BCUT2D eigenvalue weighted by Gasteiger charge is -2.27. The van der Waals surface area contributed by atoms with Crippen molar-refractivity contribution in [2.24, 2.45) is 11.8 Å². The van der Waals surface area contributed by atoms with Gasteiger partial charge in [0, 0.05) is 11.5 Å². The van der Waals surface area contributed by atoms with Crippen molar-refractivity contribution < 1.29 is 4.79 Å². The summed E-state index contributed by atoms with van der Waals surface area (Å²) in [6.07, 6.45) is 8.43. The Balaban J connectivity index is 1.61. The minimum absolute atomic E-state index is 0.202. The van der Waals surface area contributed by atoms with E-state index in [0.29, 0.717) is 11.3 Å². The number of carbonyl (C=O) groups excluding carboxylic acids is 1. The molecule has 0 N–H and O–H groups in total. The highest BCUT2D eigenvalue weighted by Crippen LogP contribution is 2.34. The van der Waals surface area contributed by atoms with Gasteiger partial charge in [-0.2, -0.15) is 5.26 Å². The molecule has 0 aliphatic heterocycles. The second kappa shape index (κ2) is 8.81. The topological polar surface area (TPSA) is 40.9 Å². The van der Waals surface area contributed by atoms with E-state index in [-0.39, 0.29) is 5.92 Å². The van der Waals surface area contributed by atoms with E-state index in [0.717, 1.165) is 35.4 Å². The standard InChI is InChI=1S/C24H27NO/c1-2-3-4-18-5-11-22(12-6-18)24(26)23-15-13-21(14-16-23)20-9-7-19(17-25)8-10-20/h7-10,13-16,18,22H,2-6,11-12H2,1H3. The summed E-state index contributed by atoms with van der Waals surface area (Å²) in [7, 11) is 0. The van der Waals surface area contributed by atoms with E-state index in [9.17, 15) is 4.79 Å². The smallest absolute Gasteiger partial charge is 0.165 e. The van der Waals surface area contributed by atoms with Gasteiger partial charge in [-0.15, -0.1) is 0 Å². The fourth-order valence-electron chi connectivity index (χ4n) is 4.01. The van der Waals surface area contributed by atoms with Gasteiger partial charge in [0.05, 0.1) is 11.6 Å². The zero-order chi connectivity index (χ0) is 18.4. The van der Waals surface area contributed by atoms with Gasteiger partial charge in [0.1, 0.15) is 0 Å². The molecule has 2 aromatic carbocycles. The lowest BCUT2D eigenvalue weighted by molar-refractivity contribution is 0.0869. The van der Waals surface area contributed by atoms with Crippen LogP contribution >= 0.6 is 0 Å². The summed E-state index contributed by atoms with van der Waals surface area (Å²) in [4.78, 5) is 12.8. The third-order valence-corrected chi connectivity index (χ3v) is 5.70. The summed E-state index contributed by atoms with van der Waals surface area (Å²) in [5.41, 5.74) is 3.64. The summed E-state index contributed by atoms with van der Waals surface area (Å²) in [5.74, 6) is 1.34.